The van der Waals surface area contributed by atoms with Gasteiger partial charge in [0.25, 0.3) is 0 Å². The Morgan fingerprint density at radius 2 is 1.25 bits per heavy atom. The lowest BCUT2D eigenvalue weighted by Gasteiger charge is -0.803. The average Bonchev–Trinajstić information content (AvgIpc) is 1.00. The molecule has 0 aliphatic heterocycles. The van der Waals surface area contributed by atoms with Gasteiger partial charge in [0.1, 0.15) is 0 Å². The van der Waals surface area contributed by atoms with Gasteiger partial charge in [-0.05, 0) is 0 Å². The fourth-order valence-electron chi connectivity index (χ4n) is 0. The Hall–Kier alpha value is 1.32. The number of hydrogen-bond acceptors (Lipinski definition) is 1. The van der Waals surface area contributed by atoms with Crippen molar-refractivity contribution in [3.05, 3.63) is 0 Å². The maximum atomic E-state index is 8.06. The van der Waals surface area contributed by atoms with Crippen molar-refractivity contribution in [2.24, 2.45) is 0 Å². The SMILES string of the molecule is O=[Si].[AlH3].[MgH2]. The van der Waals surface area contributed by atoms with Crippen LogP contribution in [0.4, 0.5) is 0 Å². The standard InChI is InChI=1S/Al.Mg.OSi.5H/c;;1-2;;;;;. The van der Waals surface area contributed by atoms with E-state index in [0.29, 0.717) is 0 Å². The van der Waals surface area contributed by atoms with Gasteiger partial charge in [-0.1, -0.05) is 0 Å². The van der Waals surface area contributed by atoms with Crippen molar-refractivity contribution in [3.63, 3.8) is 0 Å². The third-order valence-electron chi connectivity index (χ3n) is 0. The van der Waals surface area contributed by atoms with Crippen LogP contribution in [0.1, 0.15) is 0 Å². The smallest absolute Gasteiger partial charge is 0.381 e. The first-order chi connectivity index (χ1) is 1.00. The van der Waals surface area contributed by atoms with E-state index in [9.17, 15) is 0 Å². The van der Waals surface area contributed by atoms with E-state index in [1.54, 1.807) is 10.1 Å². The Morgan fingerprint density at radius 1 is 1.25 bits per heavy atom. The molecule has 0 aromatic carbocycles. The van der Waals surface area contributed by atoms with Gasteiger partial charge in [-0.3, -0.25) is 0 Å². The number of hydrogen-bond donors (Lipinski definition) is 0. The van der Waals surface area contributed by atoms with Crippen molar-refractivity contribution in [2.75, 3.05) is 0 Å². The van der Waals surface area contributed by atoms with Crippen LogP contribution in [0.5, 0.6) is 0 Å². The van der Waals surface area contributed by atoms with Gasteiger partial charge in [0.2, 0.25) is 0 Å². The predicted octanol–water partition coefficient (Wildman–Crippen LogP) is -2.60. The van der Waals surface area contributed by atoms with E-state index in [4.69, 9.17) is 4.46 Å². The molecule has 0 unspecified atom stereocenters. The largest absolute Gasteiger partial charge is 0.381 e. The summed E-state index contributed by atoms with van der Waals surface area (Å²) in [6.45, 7) is 0. The van der Waals surface area contributed by atoms with Crippen LogP contribution >= 0.6 is 0 Å². The molecule has 0 rings (SSSR count). The lowest BCUT2D eigenvalue weighted by Crippen LogP contribution is -0.969. The maximum Gasteiger partial charge on any atom is 0.381 e. The van der Waals surface area contributed by atoms with Gasteiger partial charge in [0.15, 0.2) is 17.4 Å². The molecule has 1 nitrogen and oxygen atoms in total. The molecule has 0 saturated heterocycles. The summed E-state index contributed by atoms with van der Waals surface area (Å²) in [6.07, 6.45) is 0. The second kappa shape index (κ2) is 27.4. The Balaban J connectivity index is -0.00000000500. The van der Waals surface area contributed by atoms with Crippen LogP contribution in [-0.2, 0) is 4.46 Å². The highest BCUT2D eigenvalue weighted by atomic mass is 28.1. The lowest BCUT2D eigenvalue weighted by atomic mass is 16.0. The third-order valence-corrected chi connectivity index (χ3v) is 0. The summed E-state index contributed by atoms with van der Waals surface area (Å²) in [5.74, 6) is 0. The molecular formula is H5AlMgOSi. The van der Waals surface area contributed by atoms with Crippen molar-refractivity contribution < 1.29 is 4.46 Å². The molecule has 0 aliphatic rings. The van der Waals surface area contributed by atoms with Crippen molar-refractivity contribution in [1.29, 1.82) is 0 Å². The molecule has 0 N–H and O–H groups in total. The van der Waals surface area contributed by atoms with Gasteiger partial charge in [-0.25, -0.2) is 0 Å². The Kier molecular flexibility index (Phi) is 127. The van der Waals surface area contributed by atoms with Crippen LogP contribution in [0, 0.1) is 0 Å². The minimum atomic E-state index is 0. The minimum Gasteiger partial charge on any atom is -0.381 e. The highest BCUT2D eigenvalue weighted by molar-refractivity contribution is 5.85. The van der Waals surface area contributed by atoms with Crippen molar-refractivity contribution in [3.8, 4) is 0 Å². The molecule has 0 bridgehead atoms. The molecule has 20 valence electrons. The summed E-state index contributed by atoms with van der Waals surface area (Å²) in [6, 6.07) is 0. The molecule has 0 spiro atoms. The van der Waals surface area contributed by atoms with Crippen LogP contribution in [-0.4, -0.2) is 50.5 Å². The van der Waals surface area contributed by atoms with E-state index >= 15 is 0 Å². The maximum absolute atomic E-state index is 8.06. The summed E-state index contributed by atoms with van der Waals surface area (Å²) < 4.78 is 8.06. The molecule has 0 atom stereocenters. The molecular weight excluding hydrogens is 95.4 g/mol. The van der Waals surface area contributed by atoms with Crippen molar-refractivity contribution >= 4 is 50.5 Å². The van der Waals surface area contributed by atoms with E-state index in [2.05, 4.69) is 0 Å². The van der Waals surface area contributed by atoms with E-state index in [0.717, 1.165) is 0 Å². The molecule has 0 aromatic rings. The Labute approximate surface area is 54.9 Å². The zero-order valence-electron chi connectivity index (χ0n) is 0.908. The molecule has 4 heavy (non-hydrogen) atoms. The summed E-state index contributed by atoms with van der Waals surface area (Å²) >= 11 is 0. The summed E-state index contributed by atoms with van der Waals surface area (Å²) in [5, 5.41) is 0. The van der Waals surface area contributed by atoms with E-state index in [1.807, 2.05) is 0 Å². The van der Waals surface area contributed by atoms with E-state index in [-0.39, 0.29) is 40.4 Å². The normalized spacial score (nSPS) is 1.00. The first-order valence-corrected chi connectivity index (χ1v) is 0.612. The monoisotopic (exact) mass is 100.0 g/mol. The van der Waals surface area contributed by atoms with Gasteiger partial charge in [-0.2, -0.15) is 0 Å². The zero-order valence-corrected chi connectivity index (χ0v) is 1.91. The fourth-order valence-corrected chi connectivity index (χ4v) is 0. The van der Waals surface area contributed by atoms with Crippen LogP contribution in [0.25, 0.3) is 0 Å². The second-order valence-corrected chi connectivity index (χ2v) is 0. The number of rotatable bonds is 0. The topological polar surface area (TPSA) is 17.1 Å². The zero-order chi connectivity index (χ0) is 2.00. The summed E-state index contributed by atoms with van der Waals surface area (Å²) in [4.78, 5) is 0. The van der Waals surface area contributed by atoms with E-state index < -0.39 is 0 Å². The van der Waals surface area contributed by atoms with Crippen LogP contribution in [0.2, 0.25) is 0 Å². The quantitative estimate of drug-likeness (QED) is 0.305. The molecule has 0 fully saturated rings. The fraction of sp³-hybridized carbons (Fsp3) is 0. The molecule has 0 saturated carbocycles. The summed E-state index contributed by atoms with van der Waals surface area (Å²) in [5.41, 5.74) is 0. The molecule has 0 aliphatic carbocycles. The lowest BCUT2D eigenvalue weighted by molar-refractivity contribution is 0.590. The molecule has 0 amide bonds. The predicted molar refractivity (Wildman–Crippen MR) is 24.9 cm³/mol. The average molecular weight is 100 g/mol. The molecule has 0 heterocycles. The minimum absolute atomic E-state index is 0. The first kappa shape index (κ1) is 18.5. The van der Waals surface area contributed by atoms with Gasteiger partial charge in [0.05, 0.1) is 0 Å². The first-order valence-electron chi connectivity index (χ1n) is 0.204. The van der Waals surface area contributed by atoms with Gasteiger partial charge < -0.3 is 4.46 Å². The van der Waals surface area contributed by atoms with Crippen LogP contribution in [0.15, 0.2) is 0 Å². The summed E-state index contributed by atoms with van der Waals surface area (Å²) in [7, 11) is 1.72. The molecule has 0 aromatic heterocycles. The highest BCUT2D eigenvalue weighted by Gasteiger charge is 0.803. The van der Waals surface area contributed by atoms with Gasteiger partial charge in [-0.15, -0.1) is 0 Å². The Bertz CT molecular complexity index is 8.00. The van der Waals surface area contributed by atoms with E-state index in [1.165, 1.54) is 0 Å². The van der Waals surface area contributed by atoms with Gasteiger partial charge in [0, 0.05) is 0 Å². The van der Waals surface area contributed by atoms with Crippen molar-refractivity contribution in [1.82, 2.24) is 0 Å². The second-order valence-electron chi connectivity index (χ2n) is 0. The van der Waals surface area contributed by atoms with Crippen LogP contribution < -0.4 is 0 Å². The Morgan fingerprint density at radius 3 is 1.25 bits per heavy atom. The highest BCUT2D eigenvalue weighted by Crippen LogP contribution is 0.469. The van der Waals surface area contributed by atoms with Crippen molar-refractivity contribution in [2.45, 2.75) is 0 Å². The van der Waals surface area contributed by atoms with Gasteiger partial charge >= 0.3 is 33.2 Å². The van der Waals surface area contributed by atoms with Crippen LogP contribution in [0.3, 0.4) is 0 Å². The molecule has 2 radical (unpaired) electrons. The third kappa shape index (κ3) is 10.3. The molecule has 4 heteroatoms.